The summed E-state index contributed by atoms with van der Waals surface area (Å²) in [6, 6.07) is 14.2. The molecule has 2 aromatic rings. The van der Waals surface area contributed by atoms with E-state index in [2.05, 4.69) is 20.9 Å². The second-order valence-electron chi connectivity index (χ2n) is 4.00. The van der Waals surface area contributed by atoms with E-state index in [1.165, 1.54) is 5.69 Å². The molecule has 0 N–H and O–H groups in total. The smallest absolute Gasteiger partial charge is 0.0860 e. The fourth-order valence-corrected chi connectivity index (χ4v) is 2.01. The predicted molar refractivity (Wildman–Crippen MR) is 69.9 cm³/mol. The van der Waals surface area contributed by atoms with Gasteiger partial charge in [0.1, 0.15) is 0 Å². The van der Waals surface area contributed by atoms with Crippen LogP contribution in [0.25, 0.3) is 0 Å². The third-order valence-electron chi connectivity index (χ3n) is 2.83. The van der Waals surface area contributed by atoms with Gasteiger partial charge in [0.15, 0.2) is 0 Å². The average molecular weight is 223 g/mol. The first kappa shape index (κ1) is 10.0. The molecule has 0 saturated heterocycles. The maximum absolute atomic E-state index is 4.40. The molecule has 1 aliphatic heterocycles. The number of aliphatic imine (C=N–C) groups is 1. The summed E-state index contributed by atoms with van der Waals surface area (Å²) in [5.74, 6) is 0. The SMILES string of the molecule is C1=Nc2ccccc2N(Cc2ccccn2)C1. The molecule has 17 heavy (non-hydrogen) atoms. The van der Waals surface area contributed by atoms with E-state index in [0.29, 0.717) is 0 Å². The van der Waals surface area contributed by atoms with Gasteiger partial charge in [-0.15, -0.1) is 0 Å². The van der Waals surface area contributed by atoms with E-state index in [9.17, 15) is 0 Å². The molecule has 0 saturated carbocycles. The number of anilines is 1. The fourth-order valence-electron chi connectivity index (χ4n) is 2.01. The van der Waals surface area contributed by atoms with Crippen molar-refractivity contribution < 1.29 is 0 Å². The van der Waals surface area contributed by atoms with Crippen LogP contribution >= 0.6 is 0 Å². The van der Waals surface area contributed by atoms with Crippen LogP contribution in [-0.2, 0) is 6.54 Å². The third-order valence-corrected chi connectivity index (χ3v) is 2.83. The molecule has 0 radical (unpaired) electrons. The van der Waals surface area contributed by atoms with Crippen LogP contribution in [-0.4, -0.2) is 17.7 Å². The lowest BCUT2D eigenvalue weighted by atomic mass is 10.2. The van der Waals surface area contributed by atoms with E-state index in [-0.39, 0.29) is 0 Å². The minimum absolute atomic E-state index is 0.823. The van der Waals surface area contributed by atoms with Crippen LogP contribution < -0.4 is 4.90 Å². The first-order valence-corrected chi connectivity index (χ1v) is 5.70. The first-order valence-electron chi connectivity index (χ1n) is 5.70. The van der Waals surface area contributed by atoms with Crippen LogP contribution in [0.4, 0.5) is 11.4 Å². The Morgan fingerprint density at radius 3 is 2.82 bits per heavy atom. The third kappa shape index (κ3) is 2.04. The van der Waals surface area contributed by atoms with Gasteiger partial charge in [0.05, 0.1) is 30.2 Å². The molecule has 3 rings (SSSR count). The van der Waals surface area contributed by atoms with E-state index in [0.717, 1.165) is 24.5 Å². The Kier molecular flexibility index (Phi) is 2.58. The van der Waals surface area contributed by atoms with Gasteiger partial charge >= 0.3 is 0 Å². The first-order chi connectivity index (χ1) is 8.43. The topological polar surface area (TPSA) is 28.5 Å². The number of hydrogen-bond donors (Lipinski definition) is 0. The molecule has 0 atom stereocenters. The highest BCUT2D eigenvalue weighted by Crippen LogP contribution is 2.30. The lowest BCUT2D eigenvalue weighted by molar-refractivity contribution is 0.851. The molecule has 1 aromatic carbocycles. The molecule has 0 unspecified atom stereocenters. The average Bonchev–Trinajstić information content (AvgIpc) is 2.40. The molecular formula is C14H13N3. The number of para-hydroxylation sites is 2. The van der Waals surface area contributed by atoms with E-state index in [1.54, 1.807) is 0 Å². The largest absolute Gasteiger partial charge is 0.359 e. The van der Waals surface area contributed by atoms with Crippen LogP contribution in [0.1, 0.15) is 5.69 Å². The molecular weight excluding hydrogens is 210 g/mol. The minimum atomic E-state index is 0.823. The summed E-state index contributed by atoms with van der Waals surface area (Å²) in [6.07, 6.45) is 3.78. The molecule has 0 aliphatic carbocycles. The lowest BCUT2D eigenvalue weighted by Crippen LogP contribution is -2.27. The van der Waals surface area contributed by atoms with Gasteiger partial charge in [0.2, 0.25) is 0 Å². The normalized spacial score (nSPS) is 13.5. The summed E-state index contributed by atoms with van der Waals surface area (Å²) in [5.41, 5.74) is 3.30. The molecule has 1 aromatic heterocycles. The standard InChI is InChI=1S/C14H13N3/c1-2-7-14-13(6-1)16-9-10-17(14)11-12-5-3-4-8-15-12/h1-9H,10-11H2. The zero-order chi connectivity index (χ0) is 11.5. The molecule has 0 amide bonds. The Morgan fingerprint density at radius 2 is 1.94 bits per heavy atom. The van der Waals surface area contributed by atoms with Crippen molar-refractivity contribution >= 4 is 17.6 Å². The number of nitrogens with zero attached hydrogens (tertiary/aromatic N) is 3. The molecule has 1 aliphatic rings. The summed E-state index contributed by atoms with van der Waals surface area (Å²) < 4.78 is 0. The summed E-state index contributed by atoms with van der Waals surface area (Å²) in [4.78, 5) is 11.0. The molecule has 3 nitrogen and oxygen atoms in total. The Bertz CT molecular complexity index is 534. The van der Waals surface area contributed by atoms with Crippen molar-refractivity contribution in [3.8, 4) is 0 Å². The van der Waals surface area contributed by atoms with Crippen LogP contribution in [0, 0.1) is 0 Å². The van der Waals surface area contributed by atoms with E-state index < -0.39 is 0 Å². The highest BCUT2D eigenvalue weighted by molar-refractivity contribution is 5.81. The van der Waals surface area contributed by atoms with Crippen molar-refractivity contribution in [3.05, 3.63) is 54.4 Å². The van der Waals surface area contributed by atoms with Crippen molar-refractivity contribution in [2.45, 2.75) is 6.54 Å². The van der Waals surface area contributed by atoms with Gasteiger partial charge in [-0.2, -0.15) is 0 Å². The number of aromatic nitrogens is 1. The quantitative estimate of drug-likeness (QED) is 0.783. The number of hydrogen-bond acceptors (Lipinski definition) is 3. The second kappa shape index (κ2) is 4.37. The molecule has 0 bridgehead atoms. The zero-order valence-corrected chi connectivity index (χ0v) is 9.45. The summed E-state index contributed by atoms with van der Waals surface area (Å²) >= 11 is 0. The van der Waals surface area contributed by atoms with Crippen molar-refractivity contribution in [1.29, 1.82) is 0 Å². The summed E-state index contributed by atoms with van der Waals surface area (Å²) in [6.45, 7) is 1.66. The number of rotatable bonds is 2. The fraction of sp³-hybridized carbons (Fsp3) is 0.143. The van der Waals surface area contributed by atoms with E-state index in [1.807, 2.05) is 48.8 Å². The Labute approximate surface area is 100 Å². The maximum atomic E-state index is 4.40. The Morgan fingerprint density at radius 1 is 1.06 bits per heavy atom. The molecule has 2 heterocycles. The Hall–Kier alpha value is -2.16. The van der Waals surface area contributed by atoms with Gasteiger partial charge in [-0.25, -0.2) is 0 Å². The van der Waals surface area contributed by atoms with Crippen molar-refractivity contribution in [2.75, 3.05) is 11.4 Å². The number of pyridine rings is 1. The zero-order valence-electron chi connectivity index (χ0n) is 9.45. The van der Waals surface area contributed by atoms with Crippen molar-refractivity contribution in [1.82, 2.24) is 4.98 Å². The van der Waals surface area contributed by atoms with Crippen LogP contribution in [0.3, 0.4) is 0 Å². The summed E-state index contributed by atoms with van der Waals surface area (Å²) in [7, 11) is 0. The van der Waals surface area contributed by atoms with E-state index >= 15 is 0 Å². The maximum Gasteiger partial charge on any atom is 0.0860 e. The van der Waals surface area contributed by atoms with Gasteiger partial charge < -0.3 is 4.90 Å². The monoisotopic (exact) mass is 223 g/mol. The van der Waals surface area contributed by atoms with Crippen LogP contribution in [0.5, 0.6) is 0 Å². The molecule has 3 heteroatoms. The van der Waals surface area contributed by atoms with Gasteiger partial charge in [-0.1, -0.05) is 18.2 Å². The van der Waals surface area contributed by atoms with Crippen molar-refractivity contribution in [3.63, 3.8) is 0 Å². The van der Waals surface area contributed by atoms with Gasteiger partial charge in [0.25, 0.3) is 0 Å². The second-order valence-corrected chi connectivity index (χ2v) is 4.00. The van der Waals surface area contributed by atoms with Crippen molar-refractivity contribution in [2.24, 2.45) is 4.99 Å². The van der Waals surface area contributed by atoms with Crippen LogP contribution in [0.2, 0.25) is 0 Å². The van der Waals surface area contributed by atoms with Gasteiger partial charge in [0, 0.05) is 12.4 Å². The van der Waals surface area contributed by atoms with E-state index in [4.69, 9.17) is 0 Å². The highest BCUT2D eigenvalue weighted by Gasteiger charge is 2.13. The van der Waals surface area contributed by atoms with Gasteiger partial charge in [-0.3, -0.25) is 9.98 Å². The molecule has 84 valence electrons. The van der Waals surface area contributed by atoms with Gasteiger partial charge in [-0.05, 0) is 24.3 Å². The summed E-state index contributed by atoms with van der Waals surface area (Å²) in [5, 5.41) is 0. The Balaban J connectivity index is 1.88. The number of benzene rings is 1. The molecule has 0 fully saturated rings. The lowest BCUT2D eigenvalue weighted by Gasteiger charge is -2.26. The minimum Gasteiger partial charge on any atom is -0.359 e. The van der Waals surface area contributed by atoms with Crippen LogP contribution in [0.15, 0.2) is 53.7 Å². The number of fused-ring (bicyclic) bond motifs is 1. The molecule has 0 spiro atoms. The predicted octanol–water partition coefficient (Wildman–Crippen LogP) is 2.80. The highest BCUT2D eigenvalue weighted by atomic mass is 15.2.